The summed E-state index contributed by atoms with van der Waals surface area (Å²) in [5.41, 5.74) is 1.48. The van der Waals surface area contributed by atoms with Gasteiger partial charge in [0, 0.05) is 23.9 Å². The summed E-state index contributed by atoms with van der Waals surface area (Å²) in [6.07, 6.45) is 3.14. The van der Waals surface area contributed by atoms with E-state index in [0.29, 0.717) is 5.69 Å². The van der Waals surface area contributed by atoms with Crippen LogP contribution in [0.4, 0.5) is 11.4 Å². The normalized spacial score (nSPS) is 11.0. The maximum absolute atomic E-state index is 10.7. The summed E-state index contributed by atoms with van der Waals surface area (Å²) in [7, 11) is 0. The van der Waals surface area contributed by atoms with Crippen molar-refractivity contribution < 1.29 is 15.1 Å². The Bertz CT molecular complexity index is 726. The molecule has 0 amide bonds. The molecule has 6 nitrogen and oxygen atoms in total. The van der Waals surface area contributed by atoms with Crippen LogP contribution < -0.4 is 0 Å². The Hall–Kier alpha value is -2.89. The van der Waals surface area contributed by atoms with Crippen molar-refractivity contribution >= 4 is 17.6 Å². The van der Waals surface area contributed by atoms with Gasteiger partial charge in [-0.1, -0.05) is 19.4 Å². The highest BCUT2D eigenvalue weighted by Gasteiger charge is 2.09. The molecule has 0 aliphatic heterocycles. The first-order valence-electron chi connectivity index (χ1n) is 6.84. The van der Waals surface area contributed by atoms with Crippen LogP contribution in [0.15, 0.2) is 41.4 Å². The highest BCUT2D eigenvalue weighted by molar-refractivity contribution is 5.86. The van der Waals surface area contributed by atoms with Gasteiger partial charge in [0.15, 0.2) is 0 Å². The first-order chi connectivity index (χ1) is 10.5. The Kier molecular flexibility index (Phi) is 4.73. The molecule has 0 fully saturated rings. The number of phenolic OH excluding ortho intramolecular Hbond substituents is 2. The van der Waals surface area contributed by atoms with Gasteiger partial charge >= 0.3 is 0 Å². The van der Waals surface area contributed by atoms with Crippen LogP contribution in [-0.4, -0.2) is 21.4 Å². The molecule has 2 rings (SSSR count). The molecule has 0 radical (unpaired) electrons. The number of hydrogen-bond acceptors (Lipinski definition) is 5. The van der Waals surface area contributed by atoms with Gasteiger partial charge in [0.1, 0.15) is 17.2 Å². The van der Waals surface area contributed by atoms with E-state index < -0.39 is 4.92 Å². The number of nitro benzene ring substituents is 1. The number of aromatic hydroxyl groups is 2. The van der Waals surface area contributed by atoms with Crippen LogP contribution in [0.3, 0.4) is 0 Å². The summed E-state index contributed by atoms with van der Waals surface area (Å²) >= 11 is 0. The maximum atomic E-state index is 10.7. The number of aryl methyl sites for hydroxylation is 1. The van der Waals surface area contributed by atoms with Crippen molar-refractivity contribution in [3.8, 4) is 11.5 Å². The second-order valence-electron chi connectivity index (χ2n) is 4.83. The summed E-state index contributed by atoms with van der Waals surface area (Å²) in [5.74, 6) is -0.0976. The molecule has 0 heterocycles. The molecule has 2 aromatic carbocycles. The maximum Gasteiger partial charge on any atom is 0.270 e. The molecule has 2 aromatic rings. The van der Waals surface area contributed by atoms with Gasteiger partial charge in [-0.2, -0.15) is 0 Å². The summed E-state index contributed by atoms with van der Waals surface area (Å²) in [6, 6.07) is 8.82. The van der Waals surface area contributed by atoms with E-state index in [9.17, 15) is 20.3 Å². The molecule has 0 aliphatic rings. The predicted octanol–water partition coefficient (Wildman–Crippen LogP) is 3.71. The molecule has 6 heteroatoms. The number of phenols is 2. The number of rotatable bonds is 5. The molecule has 0 unspecified atom stereocenters. The Labute approximate surface area is 127 Å². The lowest BCUT2D eigenvalue weighted by Gasteiger charge is -2.03. The molecule has 2 N–H and O–H groups in total. The van der Waals surface area contributed by atoms with Gasteiger partial charge < -0.3 is 10.2 Å². The third-order valence-electron chi connectivity index (χ3n) is 3.14. The standard InChI is InChI=1S/C16H16N2O4/c1-2-3-11-4-6-16(20)14(8-11)17-10-12-9-13(18(21)22)5-7-15(12)19/h4-10,19-20H,2-3H2,1H3. The highest BCUT2D eigenvalue weighted by atomic mass is 16.6. The van der Waals surface area contributed by atoms with Gasteiger partial charge in [0.25, 0.3) is 5.69 Å². The third-order valence-corrected chi connectivity index (χ3v) is 3.14. The van der Waals surface area contributed by atoms with Gasteiger partial charge in [-0.15, -0.1) is 0 Å². The average molecular weight is 300 g/mol. The topological polar surface area (TPSA) is 96.0 Å². The third kappa shape index (κ3) is 3.60. The Morgan fingerprint density at radius 3 is 2.59 bits per heavy atom. The lowest BCUT2D eigenvalue weighted by atomic mass is 10.1. The van der Waals surface area contributed by atoms with Gasteiger partial charge in [0.2, 0.25) is 0 Å². The van der Waals surface area contributed by atoms with E-state index in [0.717, 1.165) is 18.4 Å². The second kappa shape index (κ2) is 6.71. The van der Waals surface area contributed by atoms with E-state index >= 15 is 0 Å². The van der Waals surface area contributed by atoms with Gasteiger partial charge in [-0.05, 0) is 30.2 Å². The summed E-state index contributed by atoms with van der Waals surface area (Å²) in [6.45, 7) is 2.05. The van der Waals surface area contributed by atoms with Crippen molar-refractivity contribution in [2.24, 2.45) is 4.99 Å². The quantitative estimate of drug-likeness (QED) is 0.500. The lowest BCUT2D eigenvalue weighted by molar-refractivity contribution is -0.384. The molecule has 0 bridgehead atoms. The molecule has 0 spiro atoms. The lowest BCUT2D eigenvalue weighted by Crippen LogP contribution is -1.90. The van der Waals surface area contributed by atoms with E-state index in [-0.39, 0.29) is 22.7 Å². The van der Waals surface area contributed by atoms with Crippen LogP contribution in [0, 0.1) is 10.1 Å². The largest absolute Gasteiger partial charge is 0.507 e. The highest BCUT2D eigenvalue weighted by Crippen LogP contribution is 2.29. The summed E-state index contributed by atoms with van der Waals surface area (Å²) in [4.78, 5) is 14.3. The Morgan fingerprint density at radius 1 is 1.18 bits per heavy atom. The number of non-ortho nitro benzene ring substituents is 1. The number of aliphatic imine (C=N–C) groups is 1. The van der Waals surface area contributed by atoms with Crippen LogP contribution in [0.5, 0.6) is 11.5 Å². The molecule has 0 aliphatic carbocycles. The van der Waals surface area contributed by atoms with Crippen molar-refractivity contribution in [2.45, 2.75) is 19.8 Å². The van der Waals surface area contributed by atoms with Crippen molar-refractivity contribution in [3.05, 3.63) is 57.6 Å². The van der Waals surface area contributed by atoms with E-state index in [1.807, 2.05) is 6.07 Å². The van der Waals surface area contributed by atoms with Crippen molar-refractivity contribution in [3.63, 3.8) is 0 Å². The molecule has 114 valence electrons. The molecule has 0 saturated carbocycles. The average Bonchev–Trinajstić information content (AvgIpc) is 2.49. The van der Waals surface area contributed by atoms with Crippen LogP contribution in [0.2, 0.25) is 0 Å². The van der Waals surface area contributed by atoms with Crippen LogP contribution >= 0.6 is 0 Å². The smallest absolute Gasteiger partial charge is 0.270 e. The van der Waals surface area contributed by atoms with Crippen LogP contribution in [0.1, 0.15) is 24.5 Å². The zero-order chi connectivity index (χ0) is 16.1. The van der Waals surface area contributed by atoms with E-state index in [1.54, 1.807) is 12.1 Å². The number of nitrogens with zero attached hydrogens (tertiary/aromatic N) is 2. The van der Waals surface area contributed by atoms with Gasteiger partial charge in [-0.25, -0.2) is 0 Å². The molecule has 0 atom stereocenters. The number of nitro groups is 1. The monoisotopic (exact) mass is 300 g/mol. The minimum absolute atomic E-state index is 0.0148. The van der Waals surface area contributed by atoms with Crippen molar-refractivity contribution in [1.82, 2.24) is 0 Å². The predicted molar refractivity (Wildman–Crippen MR) is 84.1 cm³/mol. The fraction of sp³-hybridized carbons (Fsp3) is 0.188. The molecule has 22 heavy (non-hydrogen) atoms. The minimum Gasteiger partial charge on any atom is -0.507 e. The van der Waals surface area contributed by atoms with Crippen LogP contribution in [0.25, 0.3) is 0 Å². The van der Waals surface area contributed by atoms with Crippen LogP contribution in [-0.2, 0) is 6.42 Å². The van der Waals surface area contributed by atoms with Gasteiger partial charge in [-0.3, -0.25) is 15.1 Å². The van der Waals surface area contributed by atoms with Crippen molar-refractivity contribution in [2.75, 3.05) is 0 Å². The fourth-order valence-electron chi connectivity index (χ4n) is 2.01. The zero-order valence-corrected chi connectivity index (χ0v) is 12.1. The molecule has 0 saturated heterocycles. The molecule has 0 aromatic heterocycles. The number of benzene rings is 2. The zero-order valence-electron chi connectivity index (χ0n) is 12.1. The SMILES string of the molecule is CCCc1ccc(O)c(N=Cc2cc([N+](=O)[O-])ccc2O)c1. The Balaban J connectivity index is 2.34. The fourth-order valence-corrected chi connectivity index (χ4v) is 2.01. The van der Waals surface area contributed by atoms with Crippen molar-refractivity contribution in [1.29, 1.82) is 0 Å². The summed E-state index contributed by atoms with van der Waals surface area (Å²) < 4.78 is 0. The van der Waals surface area contributed by atoms with E-state index in [2.05, 4.69) is 11.9 Å². The molecular weight excluding hydrogens is 284 g/mol. The first kappa shape index (κ1) is 15.5. The minimum atomic E-state index is -0.546. The molecular formula is C16H16N2O4. The van der Waals surface area contributed by atoms with E-state index in [1.165, 1.54) is 24.4 Å². The summed E-state index contributed by atoms with van der Waals surface area (Å²) in [5, 5.41) is 30.3. The van der Waals surface area contributed by atoms with E-state index in [4.69, 9.17) is 0 Å². The second-order valence-corrected chi connectivity index (χ2v) is 4.83. The number of hydrogen-bond donors (Lipinski definition) is 2. The Morgan fingerprint density at radius 2 is 1.91 bits per heavy atom. The first-order valence-corrected chi connectivity index (χ1v) is 6.84. The van der Waals surface area contributed by atoms with Gasteiger partial charge in [0.05, 0.1) is 4.92 Å².